The normalized spacial score (nSPS) is 12.6. The number of aryl methyl sites for hydroxylation is 2. The van der Waals surface area contributed by atoms with Crippen molar-refractivity contribution in [1.29, 1.82) is 0 Å². The van der Waals surface area contributed by atoms with Crippen molar-refractivity contribution in [2.75, 3.05) is 0 Å². The van der Waals surface area contributed by atoms with Crippen LogP contribution in [0.5, 0.6) is 0 Å². The highest BCUT2D eigenvalue weighted by Crippen LogP contribution is 2.58. The molecule has 0 N–H and O–H groups in total. The zero-order valence-corrected chi connectivity index (χ0v) is 43.3. The Kier molecular flexibility index (Phi) is 10.8. The summed E-state index contributed by atoms with van der Waals surface area (Å²) in [7, 11) is 0. The first-order valence-corrected chi connectivity index (χ1v) is 26.9. The first kappa shape index (κ1) is 46.0. The summed E-state index contributed by atoms with van der Waals surface area (Å²) in [5.41, 5.74) is 15.5. The number of aromatic nitrogens is 10. The molecule has 10 nitrogen and oxygen atoms in total. The largest absolute Gasteiger partial charge is 0.278 e. The molecule has 0 saturated carbocycles. The fraction of sp³-hybridized carbons (Fsp3) is 0.0725. The van der Waals surface area contributed by atoms with Gasteiger partial charge in [-0.05, 0) is 94.8 Å². The summed E-state index contributed by atoms with van der Waals surface area (Å²) >= 11 is 0. The molecule has 1 aliphatic rings. The Bertz CT molecular complexity index is 4270. The molecule has 6 heterocycles. The van der Waals surface area contributed by atoms with Gasteiger partial charge in [0.15, 0.2) is 23.3 Å². The van der Waals surface area contributed by atoms with Gasteiger partial charge in [-0.3, -0.25) is 19.1 Å². The van der Waals surface area contributed by atoms with E-state index in [1.54, 1.807) is 0 Å². The van der Waals surface area contributed by atoms with Crippen LogP contribution in [-0.4, -0.2) is 49.0 Å². The predicted molar refractivity (Wildman–Crippen MR) is 315 cm³/mol. The maximum atomic E-state index is 5.30. The minimum Gasteiger partial charge on any atom is -0.278 e. The van der Waals surface area contributed by atoms with Crippen molar-refractivity contribution < 1.29 is 0 Å². The van der Waals surface area contributed by atoms with Crippen molar-refractivity contribution in [3.8, 4) is 68.8 Å². The monoisotopic (exact) mass is 1020 g/mol. The molecule has 0 radical (unpaired) electrons. The van der Waals surface area contributed by atoms with E-state index in [4.69, 9.17) is 39.9 Å². The number of benzene rings is 8. The summed E-state index contributed by atoms with van der Waals surface area (Å²) in [6.45, 7) is 4.52. The van der Waals surface area contributed by atoms with Crippen LogP contribution in [0.15, 0.2) is 231 Å². The zero-order valence-electron chi connectivity index (χ0n) is 43.3. The van der Waals surface area contributed by atoms with Gasteiger partial charge in [0, 0.05) is 56.2 Å². The van der Waals surface area contributed by atoms with Crippen LogP contribution in [0.25, 0.3) is 112 Å². The highest BCUT2D eigenvalue weighted by molar-refractivity contribution is 6.11. The Morgan fingerprint density at radius 2 is 0.658 bits per heavy atom. The Morgan fingerprint density at radius 1 is 0.316 bits per heavy atom. The van der Waals surface area contributed by atoms with Crippen molar-refractivity contribution in [3.63, 3.8) is 0 Å². The van der Waals surface area contributed by atoms with E-state index in [2.05, 4.69) is 169 Å². The molecule has 0 fully saturated rings. The van der Waals surface area contributed by atoms with Crippen LogP contribution in [0.4, 0.5) is 0 Å². The molecule has 0 amide bonds. The van der Waals surface area contributed by atoms with Gasteiger partial charge in [0.05, 0.1) is 38.9 Å². The third kappa shape index (κ3) is 7.18. The molecule has 0 saturated heterocycles. The molecule has 8 aromatic carbocycles. The minimum atomic E-state index is -0.860. The third-order valence-electron chi connectivity index (χ3n) is 15.8. The smallest absolute Gasteiger partial charge is 0.238 e. The Hall–Kier alpha value is -10.3. The number of nitrogens with zero attached hydrogens (tertiary/aromatic N) is 10. The Balaban J connectivity index is 1.02. The number of fused-ring (bicyclic) bond motifs is 9. The van der Waals surface area contributed by atoms with Gasteiger partial charge in [0.1, 0.15) is 0 Å². The number of rotatable bonds is 10. The Morgan fingerprint density at radius 3 is 1.01 bits per heavy atom. The Labute approximate surface area is 455 Å². The second kappa shape index (κ2) is 18.5. The average molecular weight is 1020 g/mol. The third-order valence-corrected chi connectivity index (χ3v) is 15.8. The number of hydrogen-bond acceptors (Lipinski definition) is 8. The highest BCUT2D eigenvalue weighted by Gasteiger charge is 2.50. The molecule has 0 aliphatic heterocycles. The number of hydrogen-bond donors (Lipinski definition) is 0. The van der Waals surface area contributed by atoms with Gasteiger partial charge in [0.25, 0.3) is 0 Å². The molecule has 79 heavy (non-hydrogen) atoms. The van der Waals surface area contributed by atoms with Crippen LogP contribution >= 0.6 is 0 Å². The van der Waals surface area contributed by atoms with Crippen molar-refractivity contribution in [3.05, 3.63) is 264 Å². The highest BCUT2D eigenvalue weighted by atomic mass is 15.2. The topological polar surface area (TPSA) is 113 Å². The fourth-order valence-corrected chi connectivity index (χ4v) is 12.3. The second-order valence-corrected chi connectivity index (χ2v) is 20.0. The van der Waals surface area contributed by atoms with E-state index in [1.807, 2.05) is 85.2 Å². The van der Waals surface area contributed by atoms with Crippen molar-refractivity contribution in [2.24, 2.45) is 0 Å². The lowest BCUT2D eigenvalue weighted by atomic mass is 9.64. The lowest BCUT2D eigenvalue weighted by Crippen LogP contribution is -2.31. The summed E-state index contributed by atoms with van der Waals surface area (Å²) < 4.78 is 4.46. The van der Waals surface area contributed by atoms with Crippen LogP contribution in [0.3, 0.4) is 0 Å². The van der Waals surface area contributed by atoms with E-state index < -0.39 is 5.41 Å². The zero-order chi connectivity index (χ0) is 52.6. The summed E-state index contributed by atoms with van der Waals surface area (Å²) in [4.78, 5) is 41.7. The van der Waals surface area contributed by atoms with Crippen LogP contribution < -0.4 is 0 Å². The molecule has 15 rings (SSSR count). The quantitative estimate of drug-likeness (QED) is 0.133. The van der Waals surface area contributed by atoms with Crippen LogP contribution in [-0.2, 0) is 18.3 Å². The standard InChI is InChI=1S/C69H48N10/c1-3-43-39-59-51(49-31-17-19-35-57(49)78(59)67-74-63(45-23-9-5-10-24-45)72-64(75-67)46-25-11-6-12-26-46)41-55(43)69(53-33-21-37-70-61(53)62-54(69)34-22-38-71-62)56-42-52-50-32-18-20-36-58(50)79(60(52)40-44(56)4-2)68-76-65(47-27-13-7-14-28-47)73-66(77-68)48-29-15-8-16-30-48/h5-42H,3-4H2,1-2H3. The summed E-state index contributed by atoms with van der Waals surface area (Å²) in [6.07, 6.45) is 5.26. The molecular formula is C69H48N10. The molecule has 1 aliphatic carbocycles. The van der Waals surface area contributed by atoms with Gasteiger partial charge >= 0.3 is 0 Å². The van der Waals surface area contributed by atoms with Gasteiger partial charge in [-0.15, -0.1) is 0 Å². The molecule has 0 bridgehead atoms. The van der Waals surface area contributed by atoms with Gasteiger partial charge in [0.2, 0.25) is 11.9 Å². The van der Waals surface area contributed by atoms with Crippen molar-refractivity contribution in [1.82, 2.24) is 49.0 Å². The van der Waals surface area contributed by atoms with Crippen molar-refractivity contribution >= 4 is 43.6 Å². The molecule has 374 valence electrons. The summed E-state index contributed by atoms with van der Waals surface area (Å²) in [5.74, 6) is 3.52. The molecule has 0 spiro atoms. The molecule has 10 heteroatoms. The maximum absolute atomic E-state index is 5.30. The van der Waals surface area contributed by atoms with Crippen molar-refractivity contribution in [2.45, 2.75) is 32.1 Å². The van der Waals surface area contributed by atoms with Crippen LogP contribution in [0.1, 0.15) is 47.2 Å². The van der Waals surface area contributed by atoms with Crippen LogP contribution in [0, 0.1) is 0 Å². The van der Waals surface area contributed by atoms with Gasteiger partial charge in [-0.2, -0.15) is 19.9 Å². The van der Waals surface area contributed by atoms with E-state index in [-0.39, 0.29) is 0 Å². The number of para-hydroxylation sites is 2. The molecule has 0 unspecified atom stereocenters. The number of pyridine rings is 2. The first-order valence-electron chi connectivity index (χ1n) is 26.9. The molecular weight excluding hydrogens is 969 g/mol. The predicted octanol–water partition coefficient (Wildman–Crippen LogP) is 15.2. The second-order valence-electron chi connectivity index (χ2n) is 20.0. The lowest BCUT2D eigenvalue weighted by molar-refractivity contribution is 0.741. The van der Waals surface area contributed by atoms with E-state index in [9.17, 15) is 0 Å². The average Bonchev–Trinajstić information content (AvgIpc) is 4.03. The SMILES string of the molecule is CCc1cc2c(cc1C1(c3cc4c5ccccc5n(-c5nc(-c6ccccc6)nc(-c6ccccc6)n5)c4cc3CC)c3cccnc3-c3ncccc31)c1ccccc1n2-c1nc(-c2ccccc2)nc(-c2ccccc2)n1. The minimum absolute atomic E-state index is 0.549. The molecule has 14 aromatic rings. The first-order chi connectivity index (χ1) is 39.1. The van der Waals surface area contributed by atoms with E-state index in [1.165, 1.54) is 22.3 Å². The molecule has 6 aromatic heterocycles. The van der Waals surface area contributed by atoms with E-state index in [0.717, 1.165) is 101 Å². The van der Waals surface area contributed by atoms with E-state index >= 15 is 0 Å². The summed E-state index contributed by atoms with van der Waals surface area (Å²) in [5, 5.41) is 4.35. The summed E-state index contributed by atoms with van der Waals surface area (Å²) in [6, 6.07) is 76.3. The van der Waals surface area contributed by atoms with E-state index in [0.29, 0.717) is 35.2 Å². The molecule has 0 atom stereocenters. The van der Waals surface area contributed by atoms with Gasteiger partial charge < -0.3 is 0 Å². The lowest BCUT2D eigenvalue weighted by Gasteiger charge is -2.36. The maximum Gasteiger partial charge on any atom is 0.238 e. The van der Waals surface area contributed by atoms with Crippen LogP contribution in [0.2, 0.25) is 0 Å². The van der Waals surface area contributed by atoms with Gasteiger partial charge in [-0.1, -0.05) is 184 Å². The van der Waals surface area contributed by atoms with Gasteiger partial charge in [-0.25, -0.2) is 9.97 Å². The fourth-order valence-electron chi connectivity index (χ4n) is 12.3.